The summed E-state index contributed by atoms with van der Waals surface area (Å²) in [4.78, 5) is 15.9. The molecule has 0 aliphatic heterocycles. The van der Waals surface area contributed by atoms with E-state index in [1.807, 2.05) is 29.1 Å². The molecule has 0 saturated heterocycles. The van der Waals surface area contributed by atoms with Gasteiger partial charge < -0.3 is 20.5 Å². The molecule has 0 atom stereocenters. The molecule has 3 N–H and O–H groups in total. The highest BCUT2D eigenvalue weighted by molar-refractivity contribution is 14.0. The van der Waals surface area contributed by atoms with Gasteiger partial charge in [0.1, 0.15) is 5.82 Å². The van der Waals surface area contributed by atoms with E-state index < -0.39 is 0 Å². The second-order valence-corrected chi connectivity index (χ2v) is 4.83. The van der Waals surface area contributed by atoms with Gasteiger partial charge in [-0.3, -0.25) is 9.79 Å². The maximum absolute atomic E-state index is 12.8. The smallest absolute Gasteiger partial charge is 0.243 e. The number of carbonyl (C=O) groups is 1. The number of anilines is 1. The number of halogens is 2. The molecule has 0 fully saturated rings. The zero-order valence-electron chi connectivity index (χ0n) is 13.3. The molecule has 1 aromatic heterocycles. The number of aliphatic imine (C=N–C) groups is 1. The van der Waals surface area contributed by atoms with Crippen LogP contribution in [0.1, 0.15) is 0 Å². The molecule has 0 aliphatic rings. The average molecular weight is 445 g/mol. The van der Waals surface area contributed by atoms with Crippen LogP contribution in [0.15, 0.2) is 53.8 Å². The van der Waals surface area contributed by atoms with Gasteiger partial charge in [-0.25, -0.2) is 4.39 Å². The third-order valence-electron chi connectivity index (χ3n) is 3.10. The summed E-state index contributed by atoms with van der Waals surface area (Å²) in [6.07, 6.45) is 3.96. The number of nitrogens with one attached hydrogen (secondary N) is 3. The number of rotatable bonds is 6. The van der Waals surface area contributed by atoms with Crippen LogP contribution in [0.5, 0.6) is 0 Å². The number of benzene rings is 1. The molecule has 6 nitrogen and oxygen atoms in total. The van der Waals surface area contributed by atoms with Crippen LogP contribution in [0.3, 0.4) is 0 Å². The van der Waals surface area contributed by atoms with E-state index in [2.05, 4.69) is 20.9 Å². The van der Waals surface area contributed by atoms with Crippen molar-refractivity contribution in [3.05, 3.63) is 54.6 Å². The van der Waals surface area contributed by atoms with Crippen molar-refractivity contribution in [3.63, 3.8) is 0 Å². The summed E-state index contributed by atoms with van der Waals surface area (Å²) < 4.78 is 14.8. The van der Waals surface area contributed by atoms with Crippen molar-refractivity contribution < 1.29 is 9.18 Å². The number of hydrogen-bond acceptors (Lipinski definition) is 2. The average Bonchev–Trinajstić information content (AvgIpc) is 3.06. The molecule has 1 aromatic carbocycles. The standard InChI is InChI=1S/C16H20FN5O.HI/c1-18-16(19-8-11-22-9-2-3-10-22)20-12-15(23)21-14-6-4-13(17)5-7-14;/h2-7,9-10H,8,11-12H2,1H3,(H,21,23)(H2,18,19,20);1H. The third-order valence-corrected chi connectivity index (χ3v) is 3.10. The van der Waals surface area contributed by atoms with Crippen LogP contribution < -0.4 is 16.0 Å². The van der Waals surface area contributed by atoms with E-state index in [-0.39, 0.29) is 42.2 Å². The number of carbonyl (C=O) groups excluding carboxylic acids is 1. The molecule has 0 bridgehead atoms. The summed E-state index contributed by atoms with van der Waals surface area (Å²) in [6.45, 7) is 1.56. The van der Waals surface area contributed by atoms with Crippen molar-refractivity contribution >= 4 is 41.5 Å². The topological polar surface area (TPSA) is 70.5 Å². The first-order valence-electron chi connectivity index (χ1n) is 7.28. The Hall–Kier alpha value is -2.10. The van der Waals surface area contributed by atoms with Crippen molar-refractivity contribution in [3.8, 4) is 0 Å². The van der Waals surface area contributed by atoms with E-state index in [1.165, 1.54) is 24.3 Å². The first kappa shape index (κ1) is 19.9. The SMILES string of the molecule is CN=C(NCCn1cccc1)NCC(=O)Nc1ccc(F)cc1.I. The summed E-state index contributed by atoms with van der Waals surface area (Å²) in [5, 5.41) is 8.72. The Morgan fingerprint density at radius 2 is 1.83 bits per heavy atom. The van der Waals surface area contributed by atoms with Gasteiger partial charge in [0.2, 0.25) is 5.91 Å². The Balaban J connectivity index is 0.00000288. The lowest BCUT2D eigenvalue weighted by atomic mass is 10.3. The number of hydrogen-bond donors (Lipinski definition) is 3. The lowest BCUT2D eigenvalue weighted by Gasteiger charge is -2.12. The van der Waals surface area contributed by atoms with Crippen molar-refractivity contribution in [2.75, 3.05) is 25.5 Å². The molecule has 0 spiro atoms. The molecule has 8 heteroatoms. The van der Waals surface area contributed by atoms with Gasteiger partial charge in [0.25, 0.3) is 0 Å². The van der Waals surface area contributed by atoms with Gasteiger partial charge in [-0.1, -0.05) is 0 Å². The van der Waals surface area contributed by atoms with Crippen LogP contribution in [0, 0.1) is 5.82 Å². The van der Waals surface area contributed by atoms with E-state index in [4.69, 9.17) is 0 Å². The number of guanidine groups is 1. The van der Waals surface area contributed by atoms with Crippen LogP contribution in [0.2, 0.25) is 0 Å². The van der Waals surface area contributed by atoms with Crippen molar-refractivity contribution in [2.24, 2.45) is 4.99 Å². The fourth-order valence-corrected chi connectivity index (χ4v) is 1.95. The van der Waals surface area contributed by atoms with Gasteiger partial charge in [0.05, 0.1) is 6.54 Å². The number of aromatic nitrogens is 1. The van der Waals surface area contributed by atoms with Crippen LogP contribution in [-0.4, -0.2) is 36.6 Å². The molecule has 130 valence electrons. The van der Waals surface area contributed by atoms with Crippen molar-refractivity contribution in [1.29, 1.82) is 0 Å². The molecular weight excluding hydrogens is 424 g/mol. The molecule has 0 unspecified atom stereocenters. The van der Waals surface area contributed by atoms with Crippen molar-refractivity contribution in [2.45, 2.75) is 6.54 Å². The second-order valence-electron chi connectivity index (χ2n) is 4.83. The molecule has 2 rings (SSSR count). The van der Waals surface area contributed by atoms with Crippen LogP contribution >= 0.6 is 24.0 Å². The van der Waals surface area contributed by atoms with Gasteiger partial charge >= 0.3 is 0 Å². The van der Waals surface area contributed by atoms with Crippen LogP contribution in [-0.2, 0) is 11.3 Å². The molecular formula is C16H21FIN5O. The monoisotopic (exact) mass is 445 g/mol. The van der Waals surface area contributed by atoms with E-state index in [1.54, 1.807) is 7.05 Å². The molecule has 1 amide bonds. The molecule has 2 aromatic rings. The highest BCUT2D eigenvalue weighted by atomic mass is 127. The van der Waals surface area contributed by atoms with Crippen LogP contribution in [0.25, 0.3) is 0 Å². The first-order chi connectivity index (χ1) is 11.2. The maximum atomic E-state index is 12.8. The van der Waals surface area contributed by atoms with Crippen LogP contribution in [0.4, 0.5) is 10.1 Å². The fraction of sp³-hybridized carbons (Fsp3) is 0.250. The summed E-state index contributed by atoms with van der Waals surface area (Å²) in [7, 11) is 1.64. The van der Waals surface area contributed by atoms with Gasteiger partial charge in [0.15, 0.2) is 5.96 Å². The quantitative estimate of drug-likeness (QED) is 0.362. The molecule has 0 aliphatic carbocycles. The van der Waals surface area contributed by atoms with Gasteiger partial charge in [-0.15, -0.1) is 24.0 Å². The predicted molar refractivity (Wildman–Crippen MR) is 104 cm³/mol. The second kappa shape index (κ2) is 10.6. The molecule has 1 heterocycles. The number of nitrogens with zero attached hydrogens (tertiary/aromatic N) is 2. The highest BCUT2D eigenvalue weighted by Gasteiger charge is 2.04. The summed E-state index contributed by atoms with van der Waals surface area (Å²) in [6, 6.07) is 9.55. The molecule has 0 radical (unpaired) electrons. The molecule has 24 heavy (non-hydrogen) atoms. The Morgan fingerprint density at radius 3 is 2.46 bits per heavy atom. The maximum Gasteiger partial charge on any atom is 0.243 e. The van der Waals surface area contributed by atoms with Gasteiger partial charge in [-0.05, 0) is 36.4 Å². The Labute approximate surface area is 157 Å². The first-order valence-corrected chi connectivity index (χ1v) is 7.28. The van der Waals surface area contributed by atoms with E-state index >= 15 is 0 Å². The number of amides is 1. The van der Waals surface area contributed by atoms with Crippen molar-refractivity contribution in [1.82, 2.24) is 15.2 Å². The Bertz CT molecular complexity index is 643. The summed E-state index contributed by atoms with van der Waals surface area (Å²) in [5.74, 6) is -0.0233. The van der Waals surface area contributed by atoms with Gasteiger partial charge in [0, 0.05) is 38.2 Å². The Morgan fingerprint density at radius 1 is 1.17 bits per heavy atom. The van der Waals surface area contributed by atoms with E-state index in [0.29, 0.717) is 18.2 Å². The summed E-state index contributed by atoms with van der Waals surface area (Å²) in [5.41, 5.74) is 0.550. The Kier molecular flexibility index (Phi) is 8.84. The minimum absolute atomic E-state index is 0. The fourth-order valence-electron chi connectivity index (χ4n) is 1.95. The lowest BCUT2D eigenvalue weighted by molar-refractivity contribution is -0.115. The van der Waals surface area contributed by atoms with Gasteiger partial charge in [-0.2, -0.15) is 0 Å². The summed E-state index contributed by atoms with van der Waals surface area (Å²) >= 11 is 0. The zero-order valence-corrected chi connectivity index (χ0v) is 15.7. The van der Waals surface area contributed by atoms with E-state index in [9.17, 15) is 9.18 Å². The third kappa shape index (κ3) is 6.99. The predicted octanol–water partition coefficient (Wildman–Crippen LogP) is 2.05. The van der Waals surface area contributed by atoms with E-state index in [0.717, 1.165) is 6.54 Å². The minimum atomic E-state index is -0.339. The zero-order chi connectivity index (χ0) is 16.5. The normalized spacial score (nSPS) is 10.7. The molecule has 0 saturated carbocycles. The largest absolute Gasteiger partial charge is 0.355 e. The highest BCUT2D eigenvalue weighted by Crippen LogP contribution is 2.07. The minimum Gasteiger partial charge on any atom is -0.355 e. The lowest BCUT2D eigenvalue weighted by Crippen LogP contribution is -2.42.